The van der Waals surface area contributed by atoms with Crippen LogP contribution >= 0.6 is 7.82 Å². The highest BCUT2D eigenvalue weighted by atomic mass is 31.2. The average molecular weight is 868 g/mol. The molecule has 2 unspecified atom stereocenters. The van der Waals surface area contributed by atoms with E-state index in [1.54, 1.807) is 0 Å². The average Bonchev–Trinajstić information content (AvgIpc) is 3.21. The third kappa shape index (κ3) is 44.0. The maximum atomic E-state index is 12.7. The maximum Gasteiger partial charge on any atom is 0.306 e. The third-order valence-electron chi connectivity index (χ3n) is 8.25. The summed E-state index contributed by atoms with van der Waals surface area (Å²) in [5, 5.41) is 9.78. The van der Waals surface area contributed by atoms with Gasteiger partial charge in [-0.15, -0.1) is 0 Å². The molecule has 10 nitrogen and oxygen atoms in total. The molecule has 0 aliphatic carbocycles. The molecule has 0 radical (unpaired) electrons. The van der Waals surface area contributed by atoms with Crippen molar-refractivity contribution in [3.63, 3.8) is 0 Å². The van der Waals surface area contributed by atoms with Gasteiger partial charge in [0.05, 0.1) is 33.9 Å². The summed E-state index contributed by atoms with van der Waals surface area (Å²) < 4.78 is 33.7. The Morgan fingerprint density at radius 3 is 1.64 bits per heavy atom. The van der Waals surface area contributed by atoms with Gasteiger partial charge in [-0.2, -0.15) is 0 Å². The molecule has 0 rings (SSSR count). The van der Waals surface area contributed by atoms with E-state index >= 15 is 0 Å². The molecule has 11 heteroatoms. The normalized spacial score (nSPS) is 15.3. The lowest BCUT2D eigenvalue weighted by Crippen LogP contribution is -2.37. The Hall–Kier alpha value is -3.89. The van der Waals surface area contributed by atoms with E-state index in [1.807, 2.05) is 88.8 Å². The number of hydrogen-bond acceptors (Lipinski definition) is 9. The first-order valence-corrected chi connectivity index (χ1v) is 23.5. The molecule has 0 aromatic rings. The van der Waals surface area contributed by atoms with E-state index in [1.165, 1.54) is 0 Å². The number of likely N-dealkylation sites (N-methyl/N-ethyl adjacent to an activating group) is 1. The molecule has 0 aliphatic rings. The molecule has 0 spiro atoms. The van der Waals surface area contributed by atoms with Crippen LogP contribution in [0, 0.1) is 0 Å². The van der Waals surface area contributed by atoms with E-state index in [0.717, 1.165) is 57.8 Å². The van der Waals surface area contributed by atoms with Crippen LogP contribution in [0.4, 0.5) is 0 Å². The monoisotopic (exact) mass is 868 g/mol. The number of allylic oxidation sites excluding steroid dienone is 20. The minimum Gasteiger partial charge on any atom is -0.756 e. The molecule has 0 heterocycles. The number of carbonyl (C=O) groups excluding carboxylic acids is 2. The lowest BCUT2D eigenvalue weighted by Gasteiger charge is -2.28. The van der Waals surface area contributed by atoms with E-state index in [4.69, 9.17) is 18.5 Å². The summed E-state index contributed by atoms with van der Waals surface area (Å²) in [6, 6.07) is 0. The topological polar surface area (TPSA) is 131 Å². The number of nitrogens with zero attached hydrogens (tertiary/aromatic N) is 1. The van der Waals surface area contributed by atoms with Crippen LogP contribution in [0.5, 0.6) is 0 Å². The number of phosphoric ester groups is 1. The Balaban J connectivity index is 4.64. The van der Waals surface area contributed by atoms with Crippen LogP contribution < -0.4 is 4.89 Å². The smallest absolute Gasteiger partial charge is 0.306 e. The predicted molar refractivity (Wildman–Crippen MR) is 250 cm³/mol. The summed E-state index contributed by atoms with van der Waals surface area (Å²) in [6.45, 7) is 3.66. The van der Waals surface area contributed by atoms with Crippen LogP contribution in [0.15, 0.2) is 134 Å². The van der Waals surface area contributed by atoms with Gasteiger partial charge < -0.3 is 33.0 Å². The molecule has 0 amide bonds. The molecule has 342 valence electrons. The lowest BCUT2D eigenvalue weighted by atomic mass is 10.2. The molecular formula is C50H78NO9P. The fraction of sp³-hybridized carbons (Fsp3) is 0.520. The molecule has 0 aromatic carbocycles. The van der Waals surface area contributed by atoms with E-state index < -0.39 is 38.6 Å². The van der Waals surface area contributed by atoms with Crippen LogP contribution in [-0.4, -0.2) is 81.2 Å². The van der Waals surface area contributed by atoms with Crippen LogP contribution in [-0.2, 0) is 32.7 Å². The summed E-state index contributed by atoms with van der Waals surface area (Å²) in [4.78, 5) is 37.5. The van der Waals surface area contributed by atoms with E-state index in [0.29, 0.717) is 36.7 Å². The first kappa shape index (κ1) is 57.1. The van der Waals surface area contributed by atoms with Crippen molar-refractivity contribution in [1.82, 2.24) is 0 Å². The molecule has 61 heavy (non-hydrogen) atoms. The molecule has 0 bridgehead atoms. The minimum atomic E-state index is -4.68. The standard InChI is InChI=1S/C50H78NO9P/c1-6-8-10-11-12-13-14-15-16-17-18-19-20-21-25-28-31-34-37-41-49(53)57-45-48(46-59-61(55,56)58-44-43-51(3,4)5)60-50(54)42-38-35-32-29-26-23-22-24-27-30-33-36-40-47(52)39-9-7-2/h8-10,12-13,15-16,18-19,21-23,25,27,29-34,36,39,47-48,52H,6-7,11,14,17,20,24,26,28,35,37-38,40-46H2,1-5H3/b10-8-,13-12-,16-15-,19-18-,23-22-,25-21-,30-27-,32-29-,34-31-,36-33+,39-9-/t47?,48-/m1/s1. The second kappa shape index (κ2) is 40.2. The van der Waals surface area contributed by atoms with Gasteiger partial charge in [0.25, 0.3) is 7.82 Å². The quantitative estimate of drug-likeness (QED) is 0.0162. The van der Waals surface area contributed by atoms with Gasteiger partial charge in [0.15, 0.2) is 6.10 Å². The number of hydrogen-bond donors (Lipinski definition) is 1. The van der Waals surface area contributed by atoms with Gasteiger partial charge in [0.2, 0.25) is 0 Å². The third-order valence-corrected chi connectivity index (χ3v) is 9.22. The van der Waals surface area contributed by atoms with Crippen molar-refractivity contribution in [3.8, 4) is 0 Å². The van der Waals surface area contributed by atoms with Gasteiger partial charge >= 0.3 is 11.9 Å². The van der Waals surface area contributed by atoms with E-state index in [9.17, 15) is 24.2 Å². The highest BCUT2D eigenvalue weighted by Crippen LogP contribution is 2.38. The highest BCUT2D eigenvalue weighted by Gasteiger charge is 2.21. The van der Waals surface area contributed by atoms with Crippen LogP contribution in [0.25, 0.3) is 0 Å². The number of aliphatic hydroxyl groups excluding tert-OH is 1. The summed E-state index contributed by atoms with van der Waals surface area (Å²) in [5.74, 6) is -1.04. The maximum absolute atomic E-state index is 12.7. The summed E-state index contributed by atoms with van der Waals surface area (Å²) in [6.07, 6.45) is 54.2. The van der Waals surface area contributed by atoms with Gasteiger partial charge in [-0.1, -0.05) is 148 Å². The summed E-state index contributed by atoms with van der Waals surface area (Å²) in [7, 11) is 1.04. The Bertz CT molecular complexity index is 1510. The number of quaternary nitrogens is 1. The zero-order valence-corrected chi connectivity index (χ0v) is 38.8. The summed E-state index contributed by atoms with van der Waals surface area (Å²) >= 11 is 0. The van der Waals surface area contributed by atoms with Gasteiger partial charge in [-0.25, -0.2) is 0 Å². The molecule has 0 aliphatic heterocycles. The Labute approximate surface area is 369 Å². The summed E-state index contributed by atoms with van der Waals surface area (Å²) in [5.41, 5.74) is 0. The van der Waals surface area contributed by atoms with Crippen molar-refractivity contribution >= 4 is 19.8 Å². The van der Waals surface area contributed by atoms with Gasteiger partial charge in [0.1, 0.15) is 19.8 Å². The van der Waals surface area contributed by atoms with Gasteiger partial charge in [-0.3, -0.25) is 14.2 Å². The van der Waals surface area contributed by atoms with Crippen LogP contribution in [0.1, 0.15) is 110 Å². The van der Waals surface area contributed by atoms with Crippen molar-refractivity contribution in [1.29, 1.82) is 0 Å². The van der Waals surface area contributed by atoms with Crippen LogP contribution in [0.2, 0.25) is 0 Å². The fourth-order valence-electron chi connectivity index (χ4n) is 4.85. The molecule has 0 saturated carbocycles. The Morgan fingerprint density at radius 2 is 1.10 bits per heavy atom. The zero-order valence-electron chi connectivity index (χ0n) is 37.9. The number of phosphoric acid groups is 1. The Kier molecular flexibility index (Phi) is 37.6. The number of esters is 2. The van der Waals surface area contributed by atoms with E-state index in [2.05, 4.69) is 79.8 Å². The molecule has 0 fully saturated rings. The first-order valence-electron chi connectivity index (χ1n) is 22.0. The van der Waals surface area contributed by atoms with Crippen molar-refractivity contribution < 1.29 is 47.2 Å². The second-order valence-corrected chi connectivity index (χ2v) is 16.6. The molecular weight excluding hydrogens is 790 g/mol. The lowest BCUT2D eigenvalue weighted by molar-refractivity contribution is -0.870. The van der Waals surface area contributed by atoms with E-state index in [-0.39, 0.29) is 26.1 Å². The predicted octanol–water partition coefficient (Wildman–Crippen LogP) is 11.0. The number of rotatable bonds is 37. The molecule has 0 aromatic heterocycles. The van der Waals surface area contributed by atoms with Crippen molar-refractivity contribution in [2.45, 2.75) is 122 Å². The largest absolute Gasteiger partial charge is 0.756 e. The van der Waals surface area contributed by atoms with Crippen molar-refractivity contribution in [3.05, 3.63) is 134 Å². The molecule has 0 saturated heterocycles. The molecule has 1 N–H and O–H groups in total. The molecule has 3 atom stereocenters. The minimum absolute atomic E-state index is 0.0691. The number of ether oxygens (including phenoxy) is 2. The van der Waals surface area contributed by atoms with Crippen LogP contribution in [0.3, 0.4) is 0 Å². The SMILES string of the molecule is CC/C=C\C/C=C\C/C=C\C/C=C\C/C=C\C/C=C\CCC(=O)OC[C@H](COP(=O)([O-])OCC[N+](C)(C)C)OC(=O)CCC/C=C\C/C=C\C/C=C\C=C\CC(O)/C=C\CC. The van der Waals surface area contributed by atoms with Gasteiger partial charge in [0, 0.05) is 12.8 Å². The number of carbonyl (C=O) groups is 2. The highest BCUT2D eigenvalue weighted by molar-refractivity contribution is 7.45. The number of unbranched alkanes of at least 4 members (excludes halogenated alkanes) is 1. The first-order chi connectivity index (χ1) is 29.4. The number of aliphatic hydroxyl groups is 1. The Morgan fingerprint density at radius 1 is 0.607 bits per heavy atom. The zero-order chi connectivity index (χ0) is 45.1. The van der Waals surface area contributed by atoms with Gasteiger partial charge in [-0.05, 0) is 83.5 Å². The van der Waals surface area contributed by atoms with Crippen molar-refractivity contribution in [2.24, 2.45) is 0 Å². The second-order valence-electron chi connectivity index (χ2n) is 15.1. The fourth-order valence-corrected chi connectivity index (χ4v) is 5.58. The van der Waals surface area contributed by atoms with Crippen molar-refractivity contribution in [2.75, 3.05) is 47.5 Å².